The van der Waals surface area contributed by atoms with Gasteiger partial charge in [-0.15, -0.1) is 0 Å². The van der Waals surface area contributed by atoms with Gasteiger partial charge in [-0.05, 0) is 23.3 Å². The van der Waals surface area contributed by atoms with Crippen LogP contribution in [0.5, 0.6) is 0 Å². The fraction of sp³-hybridized carbons (Fsp3) is 0.0952. The smallest absolute Gasteiger partial charge is 0.287 e. The largest absolute Gasteiger partial charge is 0.361 e. The summed E-state index contributed by atoms with van der Waals surface area (Å²) < 4.78 is 5.69. The van der Waals surface area contributed by atoms with E-state index in [0.717, 1.165) is 5.56 Å². The molecule has 118 valence electrons. The van der Waals surface area contributed by atoms with Crippen molar-refractivity contribution in [2.75, 3.05) is 0 Å². The van der Waals surface area contributed by atoms with E-state index in [1.165, 1.54) is 17.3 Å². The first-order valence-corrected chi connectivity index (χ1v) is 7.86. The van der Waals surface area contributed by atoms with Gasteiger partial charge in [-0.25, -0.2) is 0 Å². The predicted octanol–water partition coefficient (Wildman–Crippen LogP) is 4.83. The monoisotopic (exact) mass is 314 g/mol. The Morgan fingerprint density at radius 3 is 1.50 bits per heavy atom. The minimum Gasteiger partial charge on any atom is -0.361 e. The van der Waals surface area contributed by atoms with Crippen molar-refractivity contribution in [2.45, 2.75) is 12.2 Å². The minimum absolute atomic E-state index is 0.258. The molecule has 0 amide bonds. The summed E-state index contributed by atoms with van der Waals surface area (Å²) in [5.41, 5.74) is 11.5. The number of ether oxygens (including phenoxy) is 1. The Bertz CT molecular complexity index is 754. The lowest BCUT2D eigenvalue weighted by atomic mass is 10.0. The molecular formula is C21H18N2O. The summed E-state index contributed by atoms with van der Waals surface area (Å²) in [7, 11) is 0. The van der Waals surface area contributed by atoms with Gasteiger partial charge in [-0.2, -0.15) is 4.79 Å². The van der Waals surface area contributed by atoms with Gasteiger partial charge >= 0.3 is 0 Å². The molecule has 0 bridgehead atoms. The molecule has 0 saturated carbocycles. The van der Waals surface area contributed by atoms with Crippen molar-refractivity contribution in [1.29, 1.82) is 0 Å². The highest BCUT2D eigenvalue weighted by Crippen LogP contribution is 2.50. The summed E-state index contributed by atoms with van der Waals surface area (Å²) in [5.74, 6) is 0. The fourth-order valence-electron chi connectivity index (χ4n) is 2.51. The predicted molar refractivity (Wildman–Crippen MR) is 94.7 cm³/mol. The molecule has 3 aromatic rings. The van der Waals surface area contributed by atoms with Crippen LogP contribution in [0.3, 0.4) is 0 Å². The number of epoxide rings is 1. The first-order valence-electron chi connectivity index (χ1n) is 7.86. The second-order valence-corrected chi connectivity index (χ2v) is 5.45. The topological polar surface area (TPSA) is 48.9 Å². The second kappa shape index (κ2) is 8.02. The highest BCUT2D eigenvalue weighted by Gasteiger charge is 2.40. The summed E-state index contributed by atoms with van der Waals surface area (Å²) in [6, 6.07) is 30.2. The van der Waals surface area contributed by atoms with Crippen molar-refractivity contribution in [3.8, 4) is 0 Å². The molecular weight excluding hydrogens is 296 g/mol. The number of hydrogen-bond donors (Lipinski definition) is 0. The molecule has 24 heavy (non-hydrogen) atoms. The van der Waals surface area contributed by atoms with Crippen LogP contribution in [0.25, 0.3) is 5.53 Å². The van der Waals surface area contributed by atoms with Crippen molar-refractivity contribution in [1.82, 2.24) is 0 Å². The summed E-state index contributed by atoms with van der Waals surface area (Å²) in [4.78, 5) is 2.88. The maximum absolute atomic E-state index is 8.09. The lowest BCUT2D eigenvalue weighted by molar-refractivity contribution is 0.00456. The standard InChI is InChI=1S/C14H12O.C7H6N2/c1-3-7-11(8-4-1)13-14(15-13)12-9-5-2-6-10-12;8-9-6-7-4-2-1-3-5-7/h1-10,13-14H;1-6H. The molecule has 1 fully saturated rings. The highest BCUT2D eigenvalue weighted by molar-refractivity contribution is 5.74. The summed E-state index contributed by atoms with van der Waals surface area (Å²) >= 11 is 0. The molecule has 0 radical (unpaired) electrons. The third-order valence-electron chi connectivity index (χ3n) is 3.75. The molecule has 3 heteroatoms. The third-order valence-corrected chi connectivity index (χ3v) is 3.75. The molecule has 0 spiro atoms. The Hall–Kier alpha value is -3.00. The van der Waals surface area contributed by atoms with Gasteiger partial charge in [0.15, 0.2) is 0 Å². The van der Waals surface area contributed by atoms with Gasteiger partial charge in [0.1, 0.15) is 12.2 Å². The molecule has 3 aromatic carbocycles. The van der Waals surface area contributed by atoms with Gasteiger partial charge in [0.25, 0.3) is 6.21 Å². The Morgan fingerprint density at radius 2 is 1.08 bits per heavy atom. The number of nitrogens with zero attached hydrogens (tertiary/aromatic N) is 2. The zero-order valence-electron chi connectivity index (χ0n) is 13.2. The van der Waals surface area contributed by atoms with Gasteiger partial charge < -0.3 is 10.3 Å². The van der Waals surface area contributed by atoms with E-state index in [4.69, 9.17) is 10.3 Å². The molecule has 2 atom stereocenters. The van der Waals surface area contributed by atoms with Crippen molar-refractivity contribution >= 4 is 6.21 Å². The van der Waals surface area contributed by atoms with Crippen LogP contribution in [-0.2, 0) is 4.74 Å². The average molecular weight is 314 g/mol. The van der Waals surface area contributed by atoms with Crippen LogP contribution >= 0.6 is 0 Å². The maximum atomic E-state index is 8.09. The van der Waals surface area contributed by atoms with Crippen LogP contribution in [0.2, 0.25) is 0 Å². The minimum atomic E-state index is 0.258. The Labute approximate surface area is 141 Å². The zero-order valence-corrected chi connectivity index (χ0v) is 13.2. The number of rotatable bonds is 3. The maximum Gasteiger partial charge on any atom is 0.287 e. The SMILES string of the molecule is [N-]=[N+]=Cc1ccccc1.c1ccc(C2OC2c2ccccc2)cc1. The lowest BCUT2D eigenvalue weighted by Gasteiger charge is -1.95. The van der Waals surface area contributed by atoms with E-state index in [9.17, 15) is 0 Å². The normalized spacial score (nSPS) is 17.8. The summed E-state index contributed by atoms with van der Waals surface area (Å²) in [6.45, 7) is 0. The lowest BCUT2D eigenvalue weighted by Crippen LogP contribution is -1.82. The number of benzene rings is 3. The van der Waals surface area contributed by atoms with Crippen molar-refractivity contribution < 1.29 is 9.53 Å². The first kappa shape index (κ1) is 15.9. The molecule has 2 unspecified atom stereocenters. The van der Waals surface area contributed by atoms with Crippen LogP contribution in [0, 0.1) is 0 Å². The molecule has 1 aliphatic heterocycles. The Balaban J connectivity index is 0.000000162. The molecule has 1 heterocycles. The molecule has 3 nitrogen and oxygen atoms in total. The van der Waals surface area contributed by atoms with Gasteiger partial charge in [-0.1, -0.05) is 78.9 Å². The van der Waals surface area contributed by atoms with E-state index in [0.29, 0.717) is 0 Å². The van der Waals surface area contributed by atoms with E-state index in [-0.39, 0.29) is 12.2 Å². The van der Waals surface area contributed by atoms with Gasteiger partial charge in [0, 0.05) is 0 Å². The van der Waals surface area contributed by atoms with E-state index in [1.807, 2.05) is 42.5 Å². The molecule has 0 aromatic heterocycles. The van der Waals surface area contributed by atoms with E-state index >= 15 is 0 Å². The quantitative estimate of drug-likeness (QED) is 0.295. The average Bonchev–Trinajstić information content (AvgIpc) is 3.46. The Kier molecular flexibility index (Phi) is 5.31. The highest BCUT2D eigenvalue weighted by atomic mass is 16.6. The fourth-order valence-corrected chi connectivity index (χ4v) is 2.51. The van der Waals surface area contributed by atoms with Crippen LogP contribution in [-0.4, -0.2) is 11.0 Å². The van der Waals surface area contributed by atoms with Crippen molar-refractivity contribution in [3.63, 3.8) is 0 Å². The van der Waals surface area contributed by atoms with E-state index in [2.05, 4.69) is 53.3 Å². The second-order valence-electron chi connectivity index (χ2n) is 5.45. The molecule has 1 aliphatic rings. The van der Waals surface area contributed by atoms with Gasteiger partial charge in [-0.3, -0.25) is 0 Å². The van der Waals surface area contributed by atoms with E-state index < -0.39 is 0 Å². The molecule has 0 aliphatic carbocycles. The van der Waals surface area contributed by atoms with Crippen LogP contribution in [0.1, 0.15) is 28.9 Å². The molecule has 1 saturated heterocycles. The van der Waals surface area contributed by atoms with Crippen molar-refractivity contribution in [3.05, 3.63) is 113 Å². The van der Waals surface area contributed by atoms with Crippen LogP contribution < -0.4 is 0 Å². The molecule has 4 rings (SSSR count). The molecule has 0 N–H and O–H groups in total. The van der Waals surface area contributed by atoms with Crippen LogP contribution in [0.4, 0.5) is 0 Å². The van der Waals surface area contributed by atoms with Gasteiger partial charge in [0.2, 0.25) is 0 Å². The zero-order chi connectivity index (χ0) is 16.6. The number of hydrogen-bond acceptors (Lipinski definition) is 1. The van der Waals surface area contributed by atoms with E-state index in [1.54, 1.807) is 0 Å². The van der Waals surface area contributed by atoms with Crippen LogP contribution in [0.15, 0.2) is 91.0 Å². The first-order chi connectivity index (χ1) is 11.9. The summed E-state index contributed by atoms with van der Waals surface area (Å²) in [5, 5.41) is 0. The summed E-state index contributed by atoms with van der Waals surface area (Å²) in [6.07, 6.45) is 1.90. The van der Waals surface area contributed by atoms with Gasteiger partial charge in [0.05, 0.1) is 5.56 Å². The Morgan fingerprint density at radius 1 is 0.667 bits per heavy atom. The van der Waals surface area contributed by atoms with Crippen molar-refractivity contribution in [2.24, 2.45) is 0 Å². The third kappa shape index (κ3) is 4.26.